The number of fused-ring (bicyclic) bond motifs is 1. The number of amides is 2. The molecule has 2 aromatic carbocycles. The molecule has 1 aliphatic rings. The summed E-state index contributed by atoms with van der Waals surface area (Å²) in [6, 6.07) is 14.7. The normalized spacial score (nSPS) is 16.9. The molecule has 0 bridgehead atoms. The maximum Gasteiger partial charge on any atom is 0.387 e. The van der Waals surface area contributed by atoms with E-state index in [2.05, 4.69) is 10.1 Å². The molecule has 1 atom stereocenters. The van der Waals surface area contributed by atoms with Crippen LogP contribution < -0.4 is 15.0 Å². The first kappa shape index (κ1) is 19.9. The number of hydrogen-bond donors (Lipinski definition) is 1. The lowest BCUT2D eigenvalue weighted by Crippen LogP contribution is -2.52. The van der Waals surface area contributed by atoms with E-state index in [9.17, 15) is 18.4 Å². The summed E-state index contributed by atoms with van der Waals surface area (Å²) in [4.78, 5) is 27.4. The molecule has 8 heteroatoms. The van der Waals surface area contributed by atoms with Gasteiger partial charge in [-0.05, 0) is 49.2 Å². The molecule has 1 N–H and O–H groups in total. The fraction of sp³-hybridized carbons (Fsp3) is 0.273. The van der Waals surface area contributed by atoms with Gasteiger partial charge in [0, 0.05) is 30.2 Å². The van der Waals surface area contributed by atoms with E-state index in [1.165, 1.54) is 12.1 Å². The molecule has 0 radical (unpaired) electrons. The van der Waals surface area contributed by atoms with Crippen molar-refractivity contribution in [3.8, 4) is 5.75 Å². The van der Waals surface area contributed by atoms with Crippen LogP contribution in [0.1, 0.15) is 23.3 Å². The Morgan fingerprint density at radius 3 is 2.60 bits per heavy atom. The molecule has 0 spiro atoms. The monoisotopic (exact) mass is 413 g/mol. The maximum atomic E-state index is 13.0. The van der Waals surface area contributed by atoms with E-state index in [-0.39, 0.29) is 17.6 Å². The molecule has 0 unspecified atom stereocenters. The number of carbonyl (C=O) groups is 2. The van der Waals surface area contributed by atoms with Gasteiger partial charge < -0.3 is 19.5 Å². The fourth-order valence-electron chi connectivity index (χ4n) is 3.81. The second-order valence-corrected chi connectivity index (χ2v) is 7.18. The molecule has 0 saturated carbocycles. The zero-order valence-electron chi connectivity index (χ0n) is 16.3. The van der Waals surface area contributed by atoms with E-state index in [0.29, 0.717) is 30.8 Å². The molecule has 0 aliphatic carbocycles. The minimum Gasteiger partial charge on any atom is -0.435 e. The highest BCUT2D eigenvalue weighted by Gasteiger charge is 2.31. The molecule has 1 saturated heterocycles. The number of para-hydroxylation sites is 1. The number of carbonyl (C=O) groups excluding carboxylic acids is 2. The molecule has 2 amide bonds. The number of aromatic nitrogens is 1. The zero-order chi connectivity index (χ0) is 21.3. The molecule has 156 valence electrons. The molecular formula is C22H21F2N3O3. The Morgan fingerprint density at radius 2 is 1.90 bits per heavy atom. The van der Waals surface area contributed by atoms with E-state index in [1.807, 2.05) is 31.3 Å². The topological polar surface area (TPSA) is 63.6 Å². The van der Waals surface area contributed by atoms with Gasteiger partial charge in [0.05, 0.1) is 0 Å². The van der Waals surface area contributed by atoms with Gasteiger partial charge in [0.1, 0.15) is 17.5 Å². The molecule has 1 aromatic heterocycles. The van der Waals surface area contributed by atoms with Crippen molar-refractivity contribution >= 4 is 28.4 Å². The molecule has 1 fully saturated rings. The van der Waals surface area contributed by atoms with Crippen molar-refractivity contribution in [2.24, 2.45) is 7.05 Å². The predicted molar refractivity (Wildman–Crippen MR) is 109 cm³/mol. The second kappa shape index (κ2) is 8.14. The number of anilines is 1. The highest BCUT2D eigenvalue weighted by molar-refractivity contribution is 6.04. The van der Waals surface area contributed by atoms with Gasteiger partial charge in [-0.15, -0.1) is 0 Å². The van der Waals surface area contributed by atoms with Gasteiger partial charge in [0.2, 0.25) is 5.91 Å². The molecule has 30 heavy (non-hydrogen) atoms. The summed E-state index contributed by atoms with van der Waals surface area (Å²) in [6.07, 6.45) is 1.25. The number of hydrogen-bond acceptors (Lipinski definition) is 3. The van der Waals surface area contributed by atoms with Gasteiger partial charge in [-0.1, -0.05) is 18.2 Å². The second-order valence-electron chi connectivity index (χ2n) is 7.18. The minimum absolute atomic E-state index is 0.0267. The molecule has 2 heterocycles. The van der Waals surface area contributed by atoms with E-state index in [0.717, 1.165) is 10.9 Å². The lowest BCUT2D eigenvalue weighted by molar-refractivity contribution is -0.121. The van der Waals surface area contributed by atoms with Crippen molar-refractivity contribution in [3.63, 3.8) is 0 Å². The number of benzene rings is 2. The first-order valence-electron chi connectivity index (χ1n) is 9.65. The summed E-state index contributed by atoms with van der Waals surface area (Å²) in [6.45, 7) is -2.41. The van der Waals surface area contributed by atoms with Crippen LogP contribution >= 0.6 is 0 Å². The Labute approximate surface area is 172 Å². The Hall–Kier alpha value is -3.42. The summed E-state index contributed by atoms with van der Waals surface area (Å²) >= 11 is 0. The van der Waals surface area contributed by atoms with Gasteiger partial charge >= 0.3 is 6.61 Å². The van der Waals surface area contributed by atoms with E-state index >= 15 is 0 Å². The van der Waals surface area contributed by atoms with E-state index < -0.39 is 12.7 Å². The summed E-state index contributed by atoms with van der Waals surface area (Å²) in [5.41, 5.74) is 1.99. The minimum atomic E-state index is -2.90. The lowest BCUT2D eigenvalue weighted by atomic mass is 10.0. The van der Waals surface area contributed by atoms with Crippen molar-refractivity contribution < 1.29 is 23.1 Å². The van der Waals surface area contributed by atoms with Crippen LogP contribution in [0.4, 0.5) is 14.5 Å². The zero-order valence-corrected chi connectivity index (χ0v) is 16.3. The van der Waals surface area contributed by atoms with Crippen molar-refractivity contribution in [1.82, 2.24) is 9.88 Å². The van der Waals surface area contributed by atoms with Gasteiger partial charge in [0.15, 0.2) is 0 Å². The van der Waals surface area contributed by atoms with Gasteiger partial charge in [-0.3, -0.25) is 9.59 Å². The predicted octanol–water partition coefficient (Wildman–Crippen LogP) is 3.71. The van der Waals surface area contributed by atoms with Crippen LogP contribution in [0.3, 0.4) is 0 Å². The van der Waals surface area contributed by atoms with Crippen molar-refractivity contribution in [2.45, 2.75) is 25.5 Å². The number of ether oxygens (including phenoxy) is 1. The maximum absolute atomic E-state index is 13.0. The van der Waals surface area contributed by atoms with Gasteiger partial charge in [-0.2, -0.15) is 8.78 Å². The van der Waals surface area contributed by atoms with Crippen LogP contribution in [0.2, 0.25) is 0 Å². The Bertz CT molecular complexity index is 1080. The summed E-state index contributed by atoms with van der Waals surface area (Å²) in [5.74, 6) is -0.510. The van der Waals surface area contributed by atoms with Crippen molar-refractivity contribution in [2.75, 3.05) is 11.4 Å². The standard InChI is InChI=1S/C22H21F2N3O3/c1-26-18-7-3-2-5-14(18)13-19(26)20(28)25-17-6-4-12-27(21(17)29)15-8-10-16(11-9-15)30-22(23)24/h2-3,5,7-11,13,17,22H,4,6,12H2,1H3,(H,25,28)/t17-/m0/s1. The number of nitrogens with zero attached hydrogens (tertiary/aromatic N) is 2. The molecular weight excluding hydrogens is 392 g/mol. The Balaban J connectivity index is 1.49. The Morgan fingerprint density at radius 1 is 1.17 bits per heavy atom. The number of halogens is 2. The van der Waals surface area contributed by atoms with Crippen LogP contribution in [-0.4, -0.2) is 35.6 Å². The number of piperidine rings is 1. The SMILES string of the molecule is Cn1c(C(=O)N[C@H]2CCCN(c3ccc(OC(F)F)cc3)C2=O)cc2ccccc21. The number of rotatable bonds is 5. The first-order chi connectivity index (χ1) is 14.4. The van der Waals surface area contributed by atoms with Crippen LogP contribution in [0.5, 0.6) is 5.75 Å². The average Bonchev–Trinajstić information content (AvgIpc) is 3.07. The highest BCUT2D eigenvalue weighted by atomic mass is 19.3. The first-order valence-corrected chi connectivity index (χ1v) is 9.65. The Kier molecular flexibility index (Phi) is 5.39. The summed E-state index contributed by atoms with van der Waals surface area (Å²) in [5, 5.41) is 3.80. The average molecular weight is 413 g/mol. The third kappa shape index (κ3) is 3.85. The third-order valence-electron chi connectivity index (χ3n) is 5.30. The highest BCUT2D eigenvalue weighted by Crippen LogP contribution is 2.25. The lowest BCUT2D eigenvalue weighted by Gasteiger charge is -2.32. The fourth-order valence-corrected chi connectivity index (χ4v) is 3.81. The summed E-state index contributed by atoms with van der Waals surface area (Å²) < 4.78 is 30.8. The van der Waals surface area contributed by atoms with Crippen molar-refractivity contribution in [3.05, 3.63) is 60.3 Å². The van der Waals surface area contributed by atoms with Gasteiger partial charge in [0.25, 0.3) is 5.91 Å². The molecule has 6 nitrogen and oxygen atoms in total. The molecule has 3 aromatic rings. The number of nitrogens with one attached hydrogen (secondary N) is 1. The van der Waals surface area contributed by atoms with E-state index in [1.54, 1.807) is 27.7 Å². The number of aryl methyl sites for hydroxylation is 1. The number of alkyl halides is 2. The van der Waals surface area contributed by atoms with Crippen LogP contribution in [0, 0.1) is 0 Å². The summed E-state index contributed by atoms with van der Waals surface area (Å²) in [7, 11) is 1.81. The van der Waals surface area contributed by atoms with Crippen molar-refractivity contribution in [1.29, 1.82) is 0 Å². The van der Waals surface area contributed by atoms with Crippen LogP contribution in [0.15, 0.2) is 54.6 Å². The quantitative estimate of drug-likeness (QED) is 0.694. The van der Waals surface area contributed by atoms with Gasteiger partial charge in [-0.25, -0.2) is 0 Å². The molecule has 1 aliphatic heterocycles. The molecule has 4 rings (SSSR count). The third-order valence-corrected chi connectivity index (χ3v) is 5.30. The smallest absolute Gasteiger partial charge is 0.387 e. The largest absolute Gasteiger partial charge is 0.435 e. The van der Waals surface area contributed by atoms with Crippen LogP contribution in [-0.2, 0) is 11.8 Å². The van der Waals surface area contributed by atoms with E-state index in [4.69, 9.17) is 0 Å². The van der Waals surface area contributed by atoms with Crippen LogP contribution in [0.25, 0.3) is 10.9 Å².